The quantitative estimate of drug-likeness (QED) is 0.821. The fraction of sp³-hybridized carbons (Fsp3) is 0.667. The number of rotatable bonds is 6. The van der Waals surface area contributed by atoms with E-state index in [9.17, 15) is 4.79 Å². The van der Waals surface area contributed by atoms with E-state index in [1.165, 1.54) is 12.8 Å². The van der Waals surface area contributed by atoms with E-state index in [1.54, 1.807) is 7.11 Å². The highest BCUT2D eigenvalue weighted by Gasteiger charge is 2.32. The molecule has 2 saturated heterocycles. The maximum atomic E-state index is 12.5. The maximum Gasteiger partial charge on any atom is 0.234 e. The molecule has 0 radical (unpaired) electrons. The Morgan fingerprint density at radius 2 is 1.74 bits per heavy atom. The summed E-state index contributed by atoms with van der Waals surface area (Å²) >= 11 is 0. The summed E-state index contributed by atoms with van der Waals surface area (Å²) in [6, 6.07) is 9.37. The molecule has 1 aromatic rings. The highest BCUT2D eigenvalue weighted by molar-refractivity contribution is 5.78. The molecule has 27 heavy (non-hydrogen) atoms. The lowest BCUT2D eigenvalue weighted by molar-refractivity contribution is -0.123. The molecule has 2 aliphatic heterocycles. The second kappa shape index (κ2) is 8.48. The first-order chi connectivity index (χ1) is 13.2. The Kier molecular flexibility index (Phi) is 5.83. The fourth-order valence-electron chi connectivity index (χ4n) is 4.36. The minimum absolute atomic E-state index is 0.186. The number of anilines is 1. The van der Waals surface area contributed by atoms with Gasteiger partial charge in [0.15, 0.2) is 0 Å². The summed E-state index contributed by atoms with van der Waals surface area (Å²) in [5, 5.41) is 3.27. The van der Waals surface area contributed by atoms with E-state index in [0.29, 0.717) is 12.6 Å². The number of carbonyl (C=O) groups excluding carboxylic acids is 1. The number of piperazine rings is 1. The van der Waals surface area contributed by atoms with Crippen LogP contribution < -0.4 is 15.0 Å². The Hall–Kier alpha value is -1.79. The number of hydrogen-bond donors (Lipinski definition) is 1. The minimum atomic E-state index is 0.186. The molecule has 0 unspecified atom stereocenters. The van der Waals surface area contributed by atoms with Crippen LogP contribution in [0.4, 0.5) is 5.69 Å². The number of para-hydroxylation sites is 2. The van der Waals surface area contributed by atoms with Crippen molar-refractivity contribution in [1.29, 1.82) is 0 Å². The third-order valence-corrected chi connectivity index (χ3v) is 6.12. The molecule has 1 amide bonds. The number of nitrogens with zero attached hydrogens (tertiary/aromatic N) is 3. The Bertz CT molecular complexity index is 633. The van der Waals surface area contributed by atoms with Crippen molar-refractivity contribution in [2.45, 2.75) is 37.8 Å². The summed E-state index contributed by atoms with van der Waals surface area (Å²) in [6.45, 7) is 6.47. The molecule has 1 N–H and O–H groups in total. The first kappa shape index (κ1) is 18.6. The molecule has 6 nitrogen and oxygen atoms in total. The van der Waals surface area contributed by atoms with Gasteiger partial charge in [0.25, 0.3) is 0 Å². The summed E-state index contributed by atoms with van der Waals surface area (Å²) in [4.78, 5) is 19.7. The number of likely N-dealkylation sites (tertiary alicyclic amines) is 1. The minimum Gasteiger partial charge on any atom is -0.495 e. The lowest BCUT2D eigenvalue weighted by Gasteiger charge is -2.37. The molecule has 3 fully saturated rings. The number of amides is 1. The van der Waals surface area contributed by atoms with Crippen molar-refractivity contribution >= 4 is 11.6 Å². The molecule has 2 heterocycles. The predicted octanol–water partition coefficient (Wildman–Crippen LogP) is 1.56. The van der Waals surface area contributed by atoms with E-state index in [4.69, 9.17) is 4.74 Å². The molecular weight excluding hydrogens is 340 g/mol. The Labute approximate surface area is 162 Å². The van der Waals surface area contributed by atoms with Gasteiger partial charge in [-0.25, -0.2) is 0 Å². The van der Waals surface area contributed by atoms with E-state index in [2.05, 4.69) is 26.1 Å². The molecule has 4 rings (SSSR count). The zero-order valence-electron chi connectivity index (χ0n) is 16.4. The SMILES string of the molecule is COc1ccccc1N1CCN(CC(=O)NC2CCN(C3CC3)CC2)CC1. The molecule has 0 aromatic heterocycles. The number of benzene rings is 1. The van der Waals surface area contributed by atoms with Gasteiger partial charge in [-0.3, -0.25) is 9.69 Å². The predicted molar refractivity (Wildman–Crippen MR) is 107 cm³/mol. The average molecular weight is 373 g/mol. The number of piperidine rings is 1. The monoisotopic (exact) mass is 372 g/mol. The fourth-order valence-corrected chi connectivity index (χ4v) is 4.36. The van der Waals surface area contributed by atoms with Crippen LogP contribution in [0.15, 0.2) is 24.3 Å². The van der Waals surface area contributed by atoms with Crippen LogP contribution in [0.3, 0.4) is 0 Å². The average Bonchev–Trinajstić information content (AvgIpc) is 3.54. The summed E-state index contributed by atoms with van der Waals surface area (Å²) in [6.07, 6.45) is 4.95. The largest absolute Gasteiger partial charge is 0.495 e. The first-order valence-electron chi connectivity index (χ1n) is 10.4. The lowest BCUT2D eigenvalue weighted by Crippen LogP contribution is -2.52. The van der Waals surface area contributed by atoms with Crippen molar-refractivity contribution < 1.29 is 9.53 Å². The van der Waals surface area contributed by atoms with Gasteiger partial charge in [-0.1, -0.05) is 12.1 Å². The van der Waals surface area contributed by atoms with Crippen LogP contribution in [-0.2, 0) is 4.79 Å². The summed E-state index contributed by atoms with van der Waals surface area (Å²) in [7, 11) is 1.72. The molecule has 0 atom stereocenters. The molecule has 0 spiro atoms. The highest BCUT2D eigenvalue weighted by atomic mass is 16.5. The normalized spacial score (nSPS) is 22.6. The number of hydrogen-bond acceptors (Lipinski definition) is 5. The van der Waals surface area contributed by atoms with E-state index < -0.39 is 0 Å². The first-order valence-corrected chi connectivity index (χ1v) is 10.4. The van der Waals surface area contributed by atoms with Crippen LogP contribution in [0, 0.1) is 0 Å². The van der Waals surface area contributed by atoms with Crippen molar-refractivity contribution in [3.05, 3.63) is 24.3 Å². The molecular formula is C21H32N4O2. The highest BCUT2D eigenvalue weighted by Crippen LogP contribution is 2.29. The van der Waals surface area contributed by atoms with Gasteiger partial charge in [0, 0.05) is 51.4 Å². The molecule has 1 saturated carbocycles. The van der Waals surface area contributed by atoms with E-state index >= 15 is 0 Å². The number of carbonyl (C=O) groups is 1. The summed E-state index contributed by atoms with van der Waals surface area (Å²) in [5.41, 5.74) is 1.14. The zero-order valence-corrected chi connectivity index (χ0v) is 16.4. The molecule has 148 valence electrons. The Morgan fingerprint density at radius 3 is 2.41 bits per heavy atom. The van der Waals surface area contributed by atoms with E-state index in [-0.39, 0.29) is 5.91 Å². The van der Waals surface area contributed by atoms with Crippen LogP contribution in [0.1, 0.15) is 25.7 Å². The molecule has 1 aliphatic carbocycles. The third kappa shape index (κ3) is 4.74. The Morgan fingerprint density at radius 1 is 1.04 bits per heavy atom. The van der Waals surface area contributed by atoms with Gasteiger partial charge in [0.05, 0.1) is 19.3 Å². The second-order valence-corrected chi connectivity index (χ2v) is 8.04. The van der Waals surface area contributed by atoms with Crippen LogP contribution in [-0.4, -0.2) is 80.7 Å². The number of methoxy groups -OCH3 is 1. The van der Waals surface area contributed by atoms with Gasteiger partial charge < -0.3 is 19.9 Å². The van der Waals surface area contributed by atoms with Gasteiger partial charge in [-0.05, 0) is 37.8 Å². The van der Waals surface area contributed by atoms with Crippen molar-refractivity contribution in [2.75, 3.05) is 57.8 Å². The summed E-state index contributed by atoms with van der Waals surface area (Å²) < 4.78 is 5.48. The van der Waals surface area contributed by atoms with Gasteiger partial charge in [0.1, 0.15) is 5.75 Å². The van der Waals surface area contributed by atoms with Crippen molar-refractivity contribution in [2.24, 2.45) is 0 Å². The second-order valence-electron chi connectivity index (χ2n) is 8.04. The Balaban J connectivity index is 1.19. The smallest absolute Gasteiger partial charge is 0.234 e. The van der Waals surface area contributed by atoms with Crippen molar-refractivity contribution in [1.82, 2.24) is 15.1 Å². The lowest BCUT2D eigenvalue weighted by atomic mass is 10.0. The van der Waals surface area contributed by atoms with E-state index in [1.807, 2.05) is 18.2 Å². The van der Waals surface area contributed by atoms with Crippen LogP contribution in [0.2, 0.25) is 0 Å². The number of nitrogens with one attached hydrogen (secondary N) is 1. The topological polar surface area (TPSA) is 48.1 Å². The summed E-state index contributed by atoms with van der Waals surface area (Å²) in [5.74, 6) is 1.10. The van der Waals surface area contributed by atoms with E-state index in [0.717, 1.165) is 69.6 Å². The van der Waals surface area contributed by atoms with Crippen molar-refractivity contribution in [3.8, 4) is 5.75 Å². The van der Waals surface area contributed by atoms with Gasteiger partial charge in [-0.2, -0.15) is 0 Å². The molecule has 3 aliphatic rings. The van der Waals surface area contributed by atoms with Gasteiger partial charge in [-0.15, -0.1) is 0 Å². The molecule has 1 aromatic carbocycles. The van der Waals surface area contributed by atoms with Gasteiger partial charge in [0.2, 0.25) is 5.91 Å². The van der Waals surface area contributed by atoms with Crippen LogP contribution in [0.25, 0.3) is 0 Å². The van der Waals surface area contributed by atoms with Crippen LogP contribution >= 0.6 is 0 Å². The maximum absolute atomic E-state index is 12.5. The van der Waals surface area contributed by atoms with Crippen LogP contribution in [0.5, 0.6) is 5.75 Å². The third-order valence-electron chi connectivity index (χ3n) is 6.12. The number of ether oxygens (including phenoxy) is 1. The standard InChI is InChI=1S/C21H32N4O2/c1-27-20-5-3-2-4-19(20)25-14-12-23(13-15-25)16-21(26)22-17-8-10-24(11-9-17)18-6-7-18/h2-5,17-18H,6-16H2,1H3,(H,22,26). The van der Waals surface area contributed by atoms with Gasteiger partial charge >= 0.3 is 0 Å². The zero-order chi connectivity index (χ0) is 18.6. The molecule has 0 bridgehead atoms. The van der Waals surface area contributed by atoms with Crippen molar-refractivity contribution in [3.63, 3.8) is 0 Å². The molecule has 6 heteroatoms.